The van der Waals surface area contributed by atoms with Crippen molar-refractivity contribution >= 4 is 212 Å². The first kappa shape index (κ1) is 79.5. The summed E-state index contributed by atoms with van der Waals surface area (Å²) >= 11 is 13.9. The smallest absolute Gasteiger partial charge is 0.397 e. The van der Waals surface area contributed by atoms with Gasteiger partial charge >= 0.3 is 10.4 Å². The molecule has 54 heteroatoms. The Kier molecular flexibility index (Phi) is 26.7. The van der Waals surface area contributed by atoms with Gasteiger partial charge in [-0.25, -0.2) is 42.0 Å². The van der Waals surface area contributed by atoms with Gasteiger partial charge in [0.2, 0.25) is 34.4 Å². The summed E-state index contributed by atoms with van der Waals surface area (Å²) in [5.41, 5.74) is -2.02. The maximum Gasteiger partial charge on any atom is 0.397 e. The first-order chi connectivity index (χ1) is 48.8. The van der Waals surface area contributed by atoms with Crippen LogP contribution in [0, 0.1) is 0 Å². The van der Waals surface area contributed by atoms with Crippen LogP contribution in [-0.4, -0.2) is 154 Å². The standard InChI is InChI=1S/C49H42Cl2N14O29S9/c1-22(21-52-46-56-44(50)58-48(60-46)54-33-19-27(95-91-87-68)14-24-18-36(102(79,80)81)40(42(67)37(24)33)65-62-26-3-5-28(6-4-26)99(72,73)13-11-86-103(82,83)84)53-47-57-45(51)59-49(61-47)55-34-20-30(101(76,77)78)16-25-17-35(96-92-88-69)39(41(66)38(25)34)64-63-32-9-2-23-15-29(7-8-31(23)43(32)97-93-89-70)100(74,75)12-10-85-98-94-90-71/h2-9,14-20,22,66-71H,10-13,21H2,1H3,(H,76,77,78)(H,79,80,81)(H,82,83,84)(H2,52,54,56,58,60)(H2,53,55,57,59,61). The molecule has 0 spiro atoms. The number of anilines is 6. The number of sulfone groups is 2. The number of halogens is 2. The molecule has 0 bridgehead atoms. The van der Waals surface area contributed by atoms with Crippen LogP contribution in [0.5, 0.6) is 11.5 Å². The third kappa shape index (κ3) is 21.1. The molecule has 0 saturated carbocycles. The highest BCUT2D eigenvalue weighted by atomic mass is 35.5. The predicted octanol–water partition coefficient (Wildman–Crippen LogP) is 10.6. The number of azo groups is 2. The Morgan fingerprint density at radius 2 is 1.10 bits per heavy atom. The highest BCUT2D eigenvalue weighted by Crippen LogP contribution is 2.50. The monoisotopic (exact) mass is 1650 g/mol. The fourth-order valence-corrected chi connectivity index (χ4v) is 14.9. The molecule has 2 heterocycles. The second-order valence-corrected chi connectivity index (χ2v) is 31.2. The number of rotatable bonds is 36. The second-order valence-electron chi connectivity index (χ2n) is 19.7. The van der Waals surface area contributed by atoms with Gasteiger partial charge in [-0.2, -0.15) is 60.3 Å². The Morgan fingerprint density at radius 3 is 1.75 bits per heavy atom. The van der Waals surface area contributed by atoms with E-state index < -0.39 is 124 Å². The van der Waals surface area contributed by atoms with Crippen molar-refractivity contribution in [3.8, 4) is 11.5 Å². The molecule has 43 nitrogen and oxygen atoms in total. The molecule has 0 fully saturated rings. The number of phenols is 2. The summed E-state index contributed by atoms with van der Waals surface area (Å²) in [6.45, 7) is 0.180. The number of hydrogen-bond donors (Lipinski definition) is 13. The van der Waals surface area contributed by atoms with E-state index in [0.717, 1.165) is 42.5 Å². The molecule has 0 amide bonds. The summed E-state index contributed by atoms with van der Waals surface area (Å²) < 4.78 is 181. The van der Waals surface area contributed by atoms with Crippen molar-refractivity contribution in [3.05, 3.63) is 102 Å². The van der Waals surface area contributed by atoms with E-state index in [1.165, 1.54) is 48.5 Å². The minimum atomic E-state index is -5.25. The molecule has 9 rings (SSSR count). The van der Waals surface area contributed by atoms with Gasteiger partial charge < -0.3 is 31.5 Å². The van der Waals surface area contributed by atoms with E-state index in [-0.39, 0.29) is 135 Å². The Morgan fingerprint density at radius 1 is 0.534 bits per heavy atom. The minimum absolute atomic E-state index is 0.0352. The van der Waals surface area contributed by atoms with Crippen molar-refractivity contribution < 1.29 is 133 Å². The molecule has 0 saturated heterocycles. The average molecular weight is 1650 g/mol. The van der Waals surface area contributed by atoms with Gasteiger partial charge in [0, 0.05) is 33.6 Å². The van der Waals surface area contributed by atoms with E-state index in [1.54, 1.807) is 6.92 Å². The summed E-state index contributed by atoms with van der Waals surface area (Å²) in [5, 5.41) is 101. The van der Waals surface area contributed by atoms with Crippen LogP contribution in [0.25, 0.3) is 32.3 Å². The van der Waals surface area contributed by atoms with Gasteiger partial charge in [-0.15, -0.1) is 32.7 Å². The largest absolute Gasteiger partial charge is 0.505 e. The molecule has 9 aromatic rings. The predicted molar refractivity (Wildman–Crippen MR) is 359 cm³/mol. The van der Waals surface area contributed by atoms with Crippen LogP contribution in [0.3, 0.4) is 0 Å². The average Bonchev–Trinajstić information content (AvgIpc) is 0.762. The highest BCUT2D eigenvalue weighted by molar-refractivity contribution is 7.95. The zero-order chi connectivity index (χ0) is 74.6. The first-order valence-corrected chi connectivity index (χ1v) is 38.3. The number of phenolic OH excluding ortho intramolecular Hbond substituents is 2. The van der Waals surface area contributed by atoms with E-state index >= 15 is 0 Å². The van der Waals surface area contributed by atoms with Gasteiger partial charge in [-0.05, 0) is 125 Å². The number of nitrogens with zero attached hydrogens (tertiary/aromatic N) is 10. The third-order valence-electron chi connectivity index (χ3n) is 13.1. The minimum Gasteiger partial charge on any atom is -0.505 e. The van der Waals surface area contributed by atoms with Crippen LogP contribution >= 0.6 is 71.7 Å². The van der Waals surface area contributed by atoms with Gasteiger partial charge in [-0.3, -0.25) is 17.8 Å². The lowest BCUT2D eigenvalue weighted by Crippen LogP contribution is -2.27. The quantitative estimate of drug-likeness (QED) is 0.00433. The van der Waals surface area contributed by atoms with Gasteiger partial charge in [-0.1, -0.05) is 32.3 Å². The number of aromatic nitrogens is 6. The zero-order valence-corrected chi connectivity index (χ0v) is 59.2. The Bertz CT molecular complexity index is 5350. The number of nitrogens with one attached hydrogen (secondary N) is 4. The molecule has 0 aliphatic carbocycles. The lowest BCUT2D eigenvalue weighted by atomic mass is 10.1. The molecule has 103 heavy (non-hydrogen) atoms. The van der Waals surface area contributed by atoms with E-state index in [1.807, 2.05) is 0 Å². The molecule has 0 aliphatic rings. The fraction of sp³-hybridized carbons (Fsp3) is 0.143. The van der Waals surface area contributed by atoms with Gasteiger partial charge in [0.05, 0.1) is 102 Å². The number of aromatic hydroxyl groups is 2. The summed E-state index contributed by atoms with van der Waals surface area (Å²) in [5.74, 6) is -4.37. The topological polar surface area (TPSA) is 620 Å². The van der Waals surface area contributed by atoms with E-state index in [9.17, 15) is 61.4 Å². The second kappa shape index (κ2) is 34.5. The molecular formula is C49H42Cl2N14O29S9. The van der Waals surface area contributed by atoms with Crippen molar-refractivity contribution in [2.75, 3.05) is 52.5 Å². The van der Waals surface area contributed by atoms with Gasteiger partial charge in [0.25, 0.3) is 20.2 Å². The van der Waals surface area contributed by atoms with Crippen molar-refractivity contribution in [2.24, 2.45) is 20.5 Å². The normalized spacial score (nSPS) is 12.9. The summed E-state index contributed by atoms with van der Waals surface area (Å²) in [7, 11) is -23.4. The number of hydrogen-bond acceptors (Lipinski definition) is 44. The molecule has 7 aromatic carbocycles. The van der Waals surface area contributed by atoms with E-state index in [2.05, 4.69) is 109 Å². The maximum atomic E-state index is 13.1. The molecule has 550 valence electrons. The first-order valence-electron chi connectivity index (χ1n) is 27.1. The summed E-state index contributed by atoms with van der Waals surface area (Å²) in [4.78, 5) is 22.6. The Hall–Kier alpha value is -7.61. The summed E-state index contributed by atoms with van der Waals surface area (Å²) in [6, 6.07) is 16.5. The molecule has 0 radical (unpaired) electrons. The highest BCUT2D eigenvalue weighted by Gasteiger charge is 2.28. The van der Waals surface area contributed by atoms with Crippen LogP contribution in [0.15, 0.2) is 146 Å². The van der Waals surface area contributed by atoms with Crippen LogP contribution in [0.1, 0.15) is 6.92 Å². The van der Waals surface area contributed by atoms with E-state index in [4.69, 9.17) is 57.3 Å². The Balaban J connectivity index is 0.975. The fourth-order valence-electron chi connectivity index (χ4n) is 8.89. The third-order valence-corrected chi connectivity index (χ3v) is 21.2. The molecule has 0 aliphatic heterocycles. The van der Waals surface area contributed by atoms with Crippen molar-refractivity contribution in [2.45, 2.75) is 47.2 Å². The lowest BCUT2D eigenvalue weighted by molar-refractivity contribution is -0.434. The number of benzene rings is 7. The number of fused-ring (bicyclic) bond motifs is 3. The van der Waals surface area contributed by atoms with Gasteiger partial charge in [0.15, 0.2) is 43.5 Å². The van der Waals surface area contributed by atoms with Crippen molar-refractivity contribution in [1.82, 2.24) is 29.9 Å². The summed E-state index contributed by atoms with van der Waals surface area (Å²) in [6.07, 6.45) is 0. The molecule has 1 atom stereocenters. The molecule has 1 unspecified atom stereocenters. The molecule has 2 aromatic heterocycles. The van der Waals surface area contributed by atoms with E-state index in [0.29, 0.717) is 24.1 Å². The zero-order valence-electron chi connectivity index (χ0n) is 50.4. The van der Waals surface area contributed by atoms with Crippen LogP contribution in [-0.2, 0) is 96.2 Å². The van der Waals surface area contributed by atoms with Crippen molar-refractivity contribution in [3.63, 3.8) is 0 Å². The van der Waals surface area contributed by atoms with Crippen LogP contribution < -0.4 is 21.3 Å². The lowest BCUT2D eigenvalue weighted by Gasteiger charge is -2.17. The van der Waals surface area contributed by atoms with Crippen molar-refractivity contribution in [1.29, 1.82) is 0 Å². The van der Waals surface area contributed by atoms with Crippen LogP contribution in [0.2, 0.25) is 10.6 Å². The Labute approximate surface area is 604 Å². The SMILES string of the molecule is CC(CNc1nc(Cl)nc(Nc2cc(SOOO)cc3cc(S(=O)(=O)O)c(N=Nc4ccc(S(=O)(=O)CCOS(=O)(=O)O)cc4)c(O)c23)n1)Nc1nc(Cl)nc(Nc2cc(S(=O)(=O)O)cc3cc(SOOO)c(N=Nc4ccc5cc(S(=O)(=O)CCOSOOO)ccc5c4SOOO)c(O)c23)n1. The van der Waals surface area contributed by atoms with Gasteiger partial charge in [0.1, 0.15) is 22.0 Å². The van der Waals surface area contributed by atoms with Crippen LogP contribution in [0.4, 0.5) is 57.9 Å². The molecular weight excluding hydrogens is 1610 g/mol. The molecule has 13 N–H and O–H groups in total. The maximum absolute atomic E-state index is 13.1.